The number of piperidine rings is 1. The van der Waals surface area contributed by atoms with Gasteiger partial charge in [-0.15, -0.1) is 0 Å². The average Bonchev–Trinajstić information content (AvgIpc) is 3.10. The lowest BCUT2D eigenvalue weighted by atomic mass is 9.92. The van der Waals surface area contributed by atoms with Crippen molar-refractivity contribution in [3.05, 3.63) is 48.0 Å². The number of imidazole rings is 1. The molecule has 0 radical (unpaired) electrons. The molecule has 1 unspecified atom stereocenters. The lowest BCUT2D eigenvalue weighted by Gasteiger charge is -2.23. The highest BCUT2D eigenvalue weighted by molar-refractivity contribution is 5.95. The average molecular weight is 352 g/mol. The molecule has 1 aliphatic heterocycles. The molecule has 2 aromatic rings. The van der Waals surface area contributed by atoms with Gasteiger partial charge in [-0.2, -0.15) is 0 Å². The highest BCUT2D eigenvalue weighted by Gasteiger charge is 2.57. The van der Waals surface area contributed by atoms with E-state index in [1.165, 1.54) is 5.56 Å². The Morgan fingerprint density at radius 2 is 2.19 bits per heavy atom. The van der Waals surface area contributed by atoms with Crippen LogP contribution in [0.3, 0.4) is 0 Å². The zero-order valence-electron chi connectivity index (χ0n) is 15.7. The molecule has 26 heavy (non-hydrogen) atoms. The van der Waals surface area contributed by atoms with E-state index >= 15 is 0 Å². The van der Waals surface area contributed by atoms with Crippen molar-refractivity contribution < 1.29 is 4.79 Å². The Hall–Kier alpha value is -2.14. The number of nitrogens with one attached hydrogen (secondary N) is 2. The molecule has 4 rings (SSSR count). The van der Waals surface area contributed by atoms with Crippen LogP contribution >= 0.6 is 0 Å². The SMILES string of the molecule is CC(C)c1nccn1Cc1cccc(NC(=O)C2CC23CCNCC3)c1. The number of hydrogen-bond acceptors (Lipinski definition) is 3. The molecule has 5 heteroatoms. The monoisotopic (exact) mass is 352 g/mol. The zero-order valence-corrected chi connectivity index (χ0v) is 15.7. The van der Waals surface area contributed by atoms with Gasteiger partial charge >= 0.3 is 0 Å². The molecule has 1 amide bonds. The molecule has 2 heterocycles. The largest absolute Gasteiger partial charge is 0.330 e. The van der Waals surface area contributed by atoms with Gasteiger partial charge in [-0.25, -0.2) is 4.98 Å². The number of amides is 1. The molecule has 1 saturated carbocycles. The van der Waals surface area contributed by atoms with Crippen molar-refractivity contribution in [3.63, 3.8) is 0 Å². The predicted molar refractivity (Wildman–Crippen MR) is 103 cm³/mol. The predicted octanol–water partition coefficient (Wildman–Crippen LogP) is 3.38. The summed E-state index contributed by atoms with van der Waals surface area (Å²) in [5.41, 5.74) is 2.35. The second kappa shape index (κ2) is 6.88. The van der Waals surface area contributed by atoms with Crippen LogP contribution in [0.2, 0.25) is 0 Å². The Morgan fingerprint density at radius 3 is 2.96 bits per heavy atom. The summed E-state index contributed by atoms with van der Waals surface area (Å²) in [6, 6.07) is 8.19. The van der Waals surface area contributed by atoms with Crippen molar-refractivity contribution in [2.75, 3.05) is 18.4 Å². The van der Waals surface area contributed by atoms with Gasteiger partial charge in [0, 0.05) is 36.5 Å². The maximum atomic E-state index is 12.7. The van der Waals surface area contributed by atoms with Crippen molar-refractivity contribution in [1.82, 2.24) is 14.9 Å². The summed E-state index contributed by atoms with van der Waals surface area (Å²) in [7, 11) is 0. The topological polar surface area (TPSA) is 59.0 Å². The van der Waals surface area contributed by atoms with E-state index in [2.05, 4.69) is 46.2 Å². The number of rotatable bonds is 5. The summed E-state index contributed by atoms with van der Waals surface area (Å²) in [6.07, 6.45) is 7.18. The quantitative estimate of drug-likeness (QED) is 0.867. The second-order valence-electron chi connectivity index (χ2n) is 8.13. The number of hydrogen-bond donors (Lipinski definition) is 2. The van der Waals surface area contributed by atoms with Crippen molar-refractivity contribution in [2.24, 2.45) is 11.3 Å². The van der Waals surface area contributed by atoms with Crippen molar-refractivity contribution in [1.29, 1.82) is 0 Å². The standard InChI is InChI=1S/C21H28N4O/c1-15(2)19-23-10-11-25(19)14-16-4-3-5-17(12-16)24-20(26)18-13-21(18)6-8-22-9-7-21/h3-5,10-12,15,18,22H,6-9,13-14H2,1-2H3,(H,24,26). The van der Waals surface area contributed by atoms with Gasteiger partial charge in [0.15, 0.2) is 0 Å². The molecule has 5 nitrogen and oxygen atoms in total. The Labute approximate surface area is 155 Å². The lowest BCUT2D eigenvalue weighted by Crippen LogP contribution is -2.31. The van der Waals surface area contributed by atoms with Crippen molar-refractivity contribution in [3.8, 4) is 0 Å². The minimum atomic E-state index is 0.189. The van der Waals surface area contributed by atoms with Gasteiger partial charge in [-0.1, -0.05) is 26.0 Å². The summed E-state index contributed by atoms with van der Waals surface area (Å²) < 4.78 is 2.18. The van der Waals surface area contributed by atoms with Crippen LogP contribution in [0.15, 0.2) is 36.7 Å². The third-order valence-corrected chi connectivity index (χ3v) is 5.92. The first kappa shape index (κ1) is 17.3. The Kier molecular flexibility index (Phi) is 4.57. The van der Waals surface area contributed by atoms with Crippen molar-refractivity contribution in [2.45, 2.75) is 45.6 Å². The highest BCUT2D eigenvalue weighted by atomic mass is 16.2. The second-order valence-corrected chi connectivity index (χ2v) is 8.13. The smallest absolute Gasteiger partial charge is 0.228 e. The highest BCUT2D eigenvalue weighted by Crippen LogP contribution is 2.58. The first-order chi connectivity index (χ1) is 12.6. The Balaban J connectivity index is 1.41. The van der Waals surface area contributed by atoms with E-state index in [0.29, 0.717) is 5.92 Å². The van der Waals surface area contributed by atoms with Gasteiger partial charge in [-0.05, 0) is 55.5 Å². The van der Waals surface area contributed by atoms with Gasteiger partial charge in [0.25, 0.3) is 0 Å². The number of aromatic nitrogens is 2. The van der Waals surface area contributed by atoms with Crippen LogP contribution in [0.5, 0.6) is 0 Å². The van der Waals surface area contributed by atoms with Gasteiger partial charge < -0.3 is 15.2 Å². The van der Waals surface area contributed by atoms with Gasteiger partial charge in [0.2, 0.25) is 5.91 Å². The number of nitrogens with zero attached hydrogens (tertiary/aromatic N) is 2. The summed E-state index contributed by atoms with van der Waals surface area (Å²) >= 11 is 0. The molecule has 138 valence electrons. The summed E-state index contributed by atoms with van der Waals surface area (Å²) in [5.74, 6) is 1.86. The van der Waals surface area contributed by atoms with E-state index in [9.17, 15) is 4.79 Å². The first-order valence-electron chi connectivity index (χ1n) is 9.69. The Bertz CT molecular complexity index is 789. The minimum Gasteiger partial charge on any atom is -0.330 e. The van der Waals surface area contributed by atoms with Gasteiger partial charge in [0.1, 0.15) is 5.82 Å². The summed E-state index contributed by atoms with van der Waals surface area (Å²) in [5, 5.41) is 6.54. The molecule has 1 aliphatic carbocycles. The van der Waals surface area contributed by atoms with E-state index in [-0.39, 0.29) is 17.2 Å². The number of anilines is 1. The summed E-state index contributed by atoms with van der Waals surface area (Å²) in [6.45, 7) is 7.17. The molecule has 1 saturated heterocycles. The van der Waals surface area contributed by atoms with Crippen LogP contribution in [0.1, 0.15) is 50.4 Å². The third-order valence-electron chi connectivity index (χ3n) is 5.92. The maximum Gasteiger partial charge on any atom is 0.228 e. The molecule has 2 aliphatic rings. The molecule has 2 fully saturated rings. The zero-order chi connectivity index (χ0) is 18.1. The first-order valence-corrected chi connectivity index (χ1v) is 9.69. The van der Waals surface area contributed by atoms with E-state index in [4.69, 9.17) is 0 Å². The van der Waals surface area contributed by atoms with Crippen LogP contribution < -0.4 is 10.6 Å². The number of carbonyl (C=O) groups is 1. The molecule has 1 aromatic heterocycles. The maximum absolute atomic E-state index is 12.7. The van der Waals surface area contributed by atoms with Crippen LogP contribution in [0.25, 0.3) is 0 Å². The molecule has 1 atom stereocenters. The van der Waals surface area contributed by atoms with Crippen LogP contribution in [0.4, 0.5) is 5.69 Å². The fraction of sp³-hybridized carbons (Fsp3) is 0.524. The van der Waals surface area contributed by atoms with E-state index < -0.39 is 0 Å². The van der Waals surface area contributed by atoms with Crippen LogP contribution in [0, 0.1) is 11.3 Å². The lowest BCUT2D eigenvalue weighted by molar-refractivity contribution is -0.118. The molecular formula is C21H28N4O. The fourth-order valence-electron chi connectivity index (χ4n) is 4.32. The fourth-order valence-corrected chi connectivity index (χ4v) is 4.32. The third kappa shape index (κ3) is 3.40. The summed E-state index contributed by atoms with van der Waals surface area (Å²) in [4.78, 5) is 17.1. The molecular weight excluding hydrogens is 324 g/mol. The number of benzene rings is 1. The van der Waals surface area contributed by atoms with Crippen LogP contribution in [-0.2, 0) is 11.3 Å². The van der Waals surface area contributed by atoms with E-state index in [0.717, 1.165) is 50.4 Å². The van der Waals surface area contributed by atoms with E-state index in [1.54, 1.807) is 0 Å². The molecule has 2 N–H and O–H groups in total. The molecule has 1 aromatic carbocycles. The minimum absolute atomic E-state index is 0.189. The van der Waals surface area contributed by atoms with Gasteiger partial charge in [0.05, 0.1) is 0 Å². The molecule has 0 bridgehead atoms. The van der Waals surface area contributed by atoms with E-state index in [1.807, 2.05) is 24.5 Å². The number of carbonyl (C=O) groups excluding carboxylic acids is 1. The Morgan fingerprint density at radius 1 is 1.38 bits per heavy atom. The van der Waals surface area contributed by atoms with Crippen molar-refractivity contribution >= 4 is 11.6 Å². The van der Waals surface area contributed by atoms with Crippen LogP contribution in [-0.4, -0.2) is 28.5 Å². The molecule has 1 spiro atoms. The van der Waals surface area contributed by atoms with Gasteiger partial charge in [-0.3, -0.25) is 4.79 Å². The normalized spacial score (nSPS) is 21.1.